The summed E-state index contributed by atoms with van der Waals surface area (Å²) in [5.41, 5.74) is 1.54. The minimum Gasteiger partial charge on any atom is -0.493 e. The van der Waals surface area contributed by atoms with Crippen molar-refractivity contribution in [2.24, 2.45) is 5.92 Å². The van der Waals surface area contributed by atoms with Crippen LogP contribution in [0.3, 0.4) is 0 Å². The SMILES string of the molecule is COc1ccc(-c2nc(CCl)co2)cc1OCC(C)C. The summed E-state index contributed by atoms with van der Waals surface area (Å²) in [4.78, 5) is 4.30. The van der Waals surface area contributed by atoms with Crippen LogP contribution in [0, 0.1) is 5.92 Å². The van der Waals surface area contributed by atoms with E-state index < -0.39 is 0 Å². The zero-order chi connectivity index (χ0) is 14.5. The van der Waals surface area contributed by atoms with E-state index in [4.69, 9.17) is 25.5 Å². The summed E-state index contributed by atoms with van der Waals surface area (Å²) < 4.78 is 16.5. The third kappa shape index (κ3) is 3.45. The highest BCUT2D eigenvalue weighted by Crippen LogP contribution is 2.32. The summed E-state index contributed by atoms with van der Waals surface area (Å²) in [6.45, 7) is 4.81. The van der Waals surface area contributed by atoms with Gasteiger partial charge in [-0.3, -0.25) is 0 Å². The molecule has 0 saturated carbocycles. The number of hydrogen-bond donors (Lipinski definition) is 0. The second-order valence-electron chi connectivity index (χ2n) is 4.85. The van der Waals surface area contributed by atoms with E-state index in [0.717, 1.165) is 5.56 Å². The van der Waals surface area contributed by atoms with Crippen LogP contribution in [-0.4, -0.2) is 18.7 Å². The lowest BCUT2D eigenvalue weighted by Crippen LogP contribution is -2.05. The molecule has 20 heavy (non-hydrogen) atoms. The van der Waals surface area contributed by atoms with E-state index in [9.17, 15) is 0 Å². The number of ether oxygens (including phenoxy) is 2. The second-order valence-corrected chi connectivity index (χ2v) is 5.12. The van der Waals surface area contributed by atoms with Crippen molar-refractivity contribution in [3.05, 3.63) is 30.2 Å². The van der Waals surface area contributed by atoms with Crippen molar-refractivity contribution in [2.75, 3.05) is 13.7 Å². The number of hydrogen-bond acceptors (Lipinski definition) is 4. The fourth-order valence-electron chi connectivity index (χ4n) is 1.68. The van der Waals surface area contributed by atoms with Gasteiger partial charge in [-0.2, -0.15) is 0 Å². The topological polar surface area (TPSA) is 44.5 Å². The Hall–Kier alpha value is -1.68. The lowest BCUT2D eigenvalue weighted by molar-refractivity contribution is 0.257. The predicted molar refractivity (Wildman–Crippen MR) is 78.4 cm³/mol. The smallest absolute Gasteiger partial charge is 0.226 e. The summed E-state index contributed by atoms with van der Waals surface area (Å²) in [6, 6.07) is 5.59. The minimum absolute atomic E-state index is 0.330. The quantitative estimate of drug-likeness (QED) is 0.752. The highest BCUT2D eigenvalue weighted by atomic mass is 35.5. The summed E-state index contributed by atoms with van der Waals surface area (Å²) in [7, 11) is 1.62. The van der Waals surface area contributed by atoms with Crippen LogP contribution in [0.1, 0.15) is 19.5 Å². The summed E-state index contributed by atoms with van der Waals surface area (Å²) in [6.07, 6.45) is 1.56. The van der Waals surface area contributed by atoms with Crippen LogP contribution >= 0.6 is 11.6 Å². The van der Waals surface area contributed by atoms with Crippen LogP contribution in [0.2, 0.25) is 0 Å². The molecule has 0 aliphatic carbocycles. The first kappa shape index (κ1) is 14.7. The Bertz CT molecular complexity index is 566. The normalized spacial score (nSPS) is 10.8. The number of aromatic nitrogens is 1. The molecule has 0 unspecified atom stereocenters. The van der Waals surface area contributed by atoms with Gasteiger partial charge in [-0.15, -0.1) is 11.6 Å². The Labute approximate surface area is 123 Å². The molecule has 0 fully saturated rings. The van der Waals surface area contributed by atoms with Gasteiger partial charge >= 0.3 is 0 Å². The van der Waals surface area contributed by atoms with Crippen LogP contribution in [0.15, 0.2) is 28.9 Å². The van der Waals surface area contributed by atoms with Gasteiger partial charge in [0, 0.05) is 5.56 Å². The highest BCUT2D eigenvalue weighted by molar-refractivity contribution is 6.16. The molecule has 1 aromatic heterocycles. The van der Waals surface area contributed by atoms with Gasteiger partial charge in [0.1, 0.15) is 6.26 Å². The molecule has 0 atom stereocenters. The van der Waals surface area contributed by atoms with Crippen molar-refractivity contribution in [2.45, 2.75) is 19.7 Å². The maximum atomic E-state index is 5.76. The van der Waals surface area contributed by atoms with Crippen LogP contribution in [-0.2, 0) is 5.88 Å². The Morgan fingerprint density at radius 1 is 1.30 bits per heavy atom. The first-order valence-corrected chi connectivity index (χ1v) is 6.99. The molecule has 2 rings (SSSR count). The summed E-state index contributed by atoms with van der Waals surface area (Å²) >= 11 is 5.72. The number of benzene rings is 1. The van der Waals surface area contributed by atoms with Gasteiger partial charge in [0.15, 0.2) is 11.5 Å². The average Bonchev–Trinajstić information content (AvgIpc) is 2.93. The van der Waals surface area contributed by atoms with Crippen molar-refractivity contribution in [1.29, 1.82) is 0 Å². The van der Waals surface area contributed by atoms with E-state index in [0.29, 0.717) is 41.5 Å². The highest BCUT2D eigenvalue weighted by Gasteiger charge is 2.11. The molecule has 1 aromatic carbocycles. The van der Waals surface area contributed by atoms with E-state index in [1.54, 1.807) is 13.4 Å². The number of methoxy groups -OCH3 is 1. The molecular weight excluding hydrogens is 278 g/mol. The molecule has 0 aliphatic heterocycles. The lowest BCUT2D eigenvalue weighted by Gasteiger charge is -2.13. The molecule has 5 heteroatoms. The first-order chi connectivity index (χ1) is 9.63. The Morgan fingerprint density at radius 3 is 2.70 bits per heavy atom. The molecule has 2 aromatic rings. The third-order valence-electron chi connectivity index (χ3n) is 2.67. The number of rotatable bonds is 6. The Morgan fingerprint density at radius 2 is 2.10 bits per heavy atom. The molecule has 0 aliphatic rings. The molecule has 0 bridgehead atoms. The maximum Gasteiger partial charge on any atom is 0.226 e. The standard InChI is InChI=1S/C15H18ClNO3/c1-10(2)8-19-14-6-11(4-5-13(14)18-3)15-17-12(7-16)9-20-15/h4-6,9-10H,7-8H2,1-3H3. The van der Waals surface area contributed by atoms with Gasteiger partial charge in [-0.1, -0.05) is 13.8 Å². The average molecular weight is 296 g/mol. The van der Waals surface area contributed by atoms with Gasteiger partial charge in [0.05, 0.1) is 25.3 Å². The fraction of sp³-hybridized carbons (Fsp3) is 0.400. The van der Waals surface area contributed by atoms with Crippen molar-refractivity contribution >= 4 is 11.6 Å². The first-order valence-electron chi connectivity index (χ1n) is 6.45. The number of oxazole rings is 1. The lowest BCUT2D eigenvalue weighted by atomic mass is 10.2. The third-order valence-corrected chi connectivity index (χ3v) is 2.95. The minimum atomic E-state index is 0.330. The summed E-state index contributed by atoms with van der Waals surface area (Å²) in [5.74, 6) is 2.67. The molecule has 0 radical (unpaired) electrons. The van der Waals surface area contributed by atoms with E-state index in [1.165, 1.54) is 0 Å². The van der Waals surface area contributed by atoms with Crippen LogP contribution in [0.4, 0.5) is 0 Å². The second kappa shape index (κ2) is 6.66. The Kier molecular flexibility index (Phi) is 4.90. The van der Waals surface area contributed by atoms with E-state index in [2.05, 4.69) is 18.8 Å². The van der Waals surface area contributed by atoms with Crippen LogP contribution < -0.4 is 9.47 Å². The largest absolute Gasteiger partial charge is 0.493 e. The van der Waals surface area contributed by atoms with Gasteiger partial charge in [0.25, 0.3) is 0 Å². The molecule has 4 nitrogen and oxygen atoms in total. The molecule has 1 heterocycles. The van der Waals surface area contributed by atoms with Gasteiger partial charge < -0.3 is 13.9 Å². The van der Waals surface area contributed by atoms with Crippen molar-refractivity contribution in [3.8, 4) is 23.0 Å². The number of halogens is 1. The van der Waals surface area contributed by atoms with Crippen LogP contribution in [0.25, 0.3) is 11.5 Å². The van der Waals surface area contributed by atoms with Crippen molar-refractivity contribution in [1.82, 2.24) is 4.98 Å². The number of alkyl halides is 1. The molecule has 0 saturated heterocycles. The molecular formula is C15H18ClNO3. The molecule has 0 amide bonds. The van der Waals surface area contributed by atoms with E-state index >= 15 is 0 Å². The summed E-state index contributed by atoms with van der Waals surface area (Å²) in [5, 5.41) is 0. The molecule has 0 spiro atoms. The zero-order valence-electron chi connectivity index (χ0n) is 11.9. The zero-order valence-corrected chi connectivity index (χ0v) is 12.6. The van der Waals surface area contributed by atoms with Crippen LogP contribution in [0.5, 0.6) is 11.5 Å². The van der Waals surface area contributed by atoms with Crippen molar-refractivity contribution < 1.29 is 13.9 Å². The molecule has 0 N–H and O–H groups in total. The van der Waals surface area contributed by atoms with Gasteiger partial charge in [0.2, 0.25) is 5.89 Å². The predicted octanol–water partition coefficient (Wildman–Crippen LogP) is 4.12. The van der Waals surface area contributed by atoms with E-state index in [-0.39, 0.29) is 0 Å². The van der Waals surface area contributed by atoms with E-state index in [1.807, 2.05) is 18.2 Å². The monoisotopic (exact) mass is 295 g/mol. The molecule has 108 valence electrons. The maximum absolute atomic E-state index is 5.76. The van der Waals surface area contributed by atoms with Crippen molar-refractivity contribution in [3.63, 3.8) is 0 Å². The Balaban J connectivity index is 2.28. The fourth-order valence-corrected chi connectivity index (χ4v) is 1.80. The number of nitrogens with zero attached hydrogens (tertiary/aromatic N) is 1. The van der Waals surface area contributed by atoms with Gasteiger partial charge in [-0.05, 0) is 24.1 Å². The van der Waals surface area contributed by atoms with Gasteiger partial charge in [-0.25, -0.2) is 4.98 Å².